The molecule has 1 aliphatic heterocycles. The summed E-state index contributed by atoms with van der Waals surface area (Å²) in [4.78, 5) is 16.5. The number of carbonyl (C=O) groups is 1. The molecule has 0 spiro atoms. The summed E-state index contributed by atoms with van der Waals surface area (Å²) in [5.41, 5.74) is 4.49. The number of halogens is 1. The molecule has 223 valence electrons. The predicted molar refractivity (Wildman–Crippen MR) is 163 cm³/mol. The van der Waals surface area contributed by atoms with Gasteiger partial charge in [0.1, 0.15) is 11.6 Å². The molecule has 1 heterocycles. The van der Waals surface area contributed by atoms with E-state index >= 15 is 0 Å². The molecule has 42 heavy (non-hydrogen) atoms. The van der Waals surface area contributed by atoms with Gasteiger partial charge in [-0.3, -0.25) is 4.79 Å². The average molecular weight is 616 g/mol. The van der Waals surface area contributed by atoms with E-state index in [-0.39, 0.29) is 34.4 Å². The fraction of sp³-hybridized carbons (Fsp3) is 0.303. The number of benzene rings is 3. The van der Waals surface area contributed by atoms with E-state index in [9.17, 15) is 14.3 Å². The van der Waals surface area contributed by atoms with Crippen LogP contribution in [-0.4, -0.2) is 54.8 Å². The zero-order chi connectivity index (χ0) is 29.6. The molecule has 0 aliphatic carbocycles. The minimum Gasteiger partial charge on any atom is -0.497 e. The van der Waals surface area contributed by atoms with Gasteiger partial charge in [-0.15, -0.1) is 5.10 Å². The minimum absolute atomic E-state index is 0. The Labute approximate surface area is 257 Å². The molecule has 0 saturated heterocycles. The van der Waals surface area contributed by atoms with Gasteiger partial charge in [0.2, 0.25) is 5.90 Å². The van der Waals surface area contributed by atoms with Crippen LogP contribution in [0.4, 0.5) is 10.1 Å². The van der Waals surface area contributed by atoms with E-state index in [1.807, 2.05) is 44.2 Å². The largest absolute Gasteiger partial charge is 0.497 e. The van der Waals surface area contributed by atoms with Crippen LogP contribution in [-0.2, 0) is 28.6 Å². The number of methoxy groups -OCH3 is 1. The number of anilines is 1. The minimum atomic E-state index is -0.501. The zero-order valence-electron chi connectivity index (χ0n) is 24.6. The molecule has 1 unspecified atom stereocenters. The number of amides is 1. The number of allylic oxidation sites excluding steroid dienone is 2. The predicted octanol–water partition coefficient (Wildman–Crippen LogP) is 6.53. The van der Waals surface area contributed by atoms with E-state index in [2.05, 4.69) is 29.0 Å². The summed E-state index contributed by atoms with van der Waals surface area (Å²) in [6, 6.07) is 19.3. The molecule has 1 amide bonds. The maximum Gasteiger partial charge on any atom is 0.253 e. The third kappa shape index (κ3) is 6.74. The van der Waals surface area contributed by atoms with E-state index in [0.717, 1.165) is 28.3 Å². The molecule has 3 aromatic rings. The maximum atomic E-state index is 14.1. The second-order valence-corrected chi connectivity index (χ2v) is 10.1. The van der Waals surface area contributed by atoms with Crippen molar-refractivity contribution in [2.45, 2.75) is 39.5 Å². The normalized spacial score (nSPS) is 17.3. The molecular formula is C33H37CoFN4O3. The molecule has 0 fully saturated rings. The fourth-order valence-electron chi connectivity index (χ4n) is 5.45. The van der Waals surface area contributed by atoms with Gasteiger partial charge in [-0.05, 0) is 106 Å². The molecule has 0 saturated carbocycles. The topological polar surface area (TPSA) is 77.7 Å². The fourth-order valence-corrected chi connectivity index (χ4v) is 5.45. The third-order valence-corrected chi connectivity index (χ3v) is 7.60. The van der Waals surface area contributed by atoms with Crippen LogP contribution in [0.3, 0.4) is 0 Å². The Bertz CT molecular complexity index is 1480. The Kier molecular flexibility index (Phi) is 11.1. The molecule has 1 N–H and O–H groups in total. The Morgan fingerprint density at radius 1 is 1.05 bits per heavy atom. The van der Waals surface area contributed by atoms with Gasteiger partial charge in [-0.25, -0.2) is 4.39 Å². The summed E-state index contributed by atoms with van der Waals surface area (Å²) in [5.74, 6) is 0.166. The van der Waals surface area contributed by atoms with E-state index in [0.29, 0.717) is 37.2 Å². The smallest absolute Gasteiger partial charge is 0.253 e. The van der Waals surface area contributed by atoms with E-state index < -0.39 is 5.41 Å². The molecular weight excluding hydrogens is 578 g/mol. The quantitative estimate of drug-likeness (QED) is 0.160. The van der Waals surface area contributed by atoms with Gasteiger partial charge < -0.3 is 19.6 Å². The van der Waals surface area contributed by atoms with Gasteiger partial charge in [-0.2, -0.15) is 5.10 Å². The molecule has 4 rings (SSSR count). The second-order valence-electron chi connectivity index (χ2n) is 10.1. The number of hydrogen-bond donors (Lipinski definition) is 1. The van der Waals surface area contributed by atoms with Gasteiger partial charge in [0.25, 0.3) is 5.91 Å². The molecule has 7 nitrogen and oxygen atoms in total. The summed E-state index contributed by atoms with van der Waals surface area (Å²) in [7, 11) is 1.64. The van der Waals surface area contributed by atoms with E-state index in [1.165, 1.54) is 6.07 Å². The van der Waals surface area contributed by atoms with Crippen molar-refractivity contribution in [2.24, 2.45) is 10.2 Å². The van der Waals surface area contributed by atoms with Gasteiger partial charge in [0.15, 0.2) is 0 Å². The molecule has 1 atom stereocenters. The van der Waals surface area contributed by atoms with Crippen molar-refractivity contribution in [3.8, 4) is 5.75 Å². The number of aliphatic hydroxyl groups is 1. The van der Waals surface area contributed by atoms with Crippen molar-refractivity contribution >= 4 is 23.7 Å². The second kappa shape index (κ2) is 14.3. The first-order valence-corrected chi connectivity index (χ1v) is 13.9. The molecule has 1 radical (unpaired) electrons. The Morgan fingerprint density at radius 3 is 2.36 bits per heavy atom. The number of likely N-dealkylation sites (N-methyl/N-ethyl adjacent to an activating group) is 1. The molecule has 0 bridgehead atoms. The summed E-state index contributed by atoms with van der Waals surface area (Å²) >= 11 is 0. The summed E-state index contributed by atoms with van der Waals surface area (Å²) in [5, 5.41) is 18.6. The van der Waals surface area contributed by atoms with Crippen molar-refractivity contribution in [2.75, 3.05) is 31.6 Å². The van der Waals surface area contributed by atoms with Crippen LogP contribution in [0, 0.1) is 5.82 Å². The molecule has 1 aliphatic rings. The van der Waals surface area contributed by atoms with E-state index in [4.69, 9.17) is 4.74 Å². The molecule has 3 aromatic carbocycles. The summed E-state index contributed by atoms with van der Waals surface area (Å²) < 4.78 is 19.6. The van der Waals surface area contributed by atoms with Crippen molar-refractivity contribution < 1.29 is 35.8 Å². The number of rotatable bonds is 10. The monoisotopic (exact) mass is 615 g/mol. The number of hydrogen-bond acceptors (Lipinski definition) is 5. The van der Waals surface area contributed by atoms with Crippen LogP contribution >= 0.6 is 0 Å². The standard InChI is InChI=1S/C33H37FN4O3.Co/c1-6-37(7-2)32(40)25-14-12-24(13-15-25)31(39)36-35-19-18-30-33(4,22-23-10-9-11-26(34)20-23)28-21-27(41-5)16-17-29(28)38(30)8-3;/h9-21H,6-8,22H2,1-5H3,(H,36,39);/b30-18-,35-19+;. The number of carbonyl (C=O) groups excluding carboxylic acids is 1. The first kappa shape index (κ1) is 32.6. The molecule has 9 heteroatoms. The van der Waals surface area contributed by atoms with Gasteiger partial charge in [-0.1, -0.05) is 12.1 Å². The summed E-state index contributed by atoms with van der Waals surface area (Å²) in [6.07, 6.45) is 4.01. The first-order valence-electron chi connectivity index (χ1n) is 13.9. The Hall–Kier alpha value is -3.95. The van der Waals surface area contributed by atoms with Crippen molar-refractivity contribution in [1.82, 2.24) is 4.90 Å². The van der Waals surface area contributed by atoms with Crippen molar-refractivity contribution in [3.05, 3.63) is 107 Å². The third-order valence-electron chi connectivity index (χ3n) is 7.60. The van der Waals surface area contributed by atoms with Crippen LogP contribution in [0.1, 0.15) is 54.7 Å². The first-order chi connectivity index (χ1) is 19.7. The van der Waals surface area contributed by atoms with Crippen LogP contribution in [0.5, 0.6) is 5.75 Å². The Balaban J connectivity index is 0.00000484. The molecule has 0 aromatic heterocycles. The van der Waals surface area contributed by atoms with Crippen molar-refractivity contribution in [3.63, 3.8) is 0 Å². The van der Waals surface area contributed by atoms with Crippen molar-refractivity contribution in [1.29, 1.82) is 0 Å². The van der Waals surface area contributed by atoms with Crippen LogP contribution < -0.4 is 9.64 Å². The summed E-state index contributed by atoms with van der Waals surface area (Å²) in [6.45, 7) is 10.1. The SMILES string of the molecule is CCN(CC)C(=O)c1ccc(/C(O)=N/N=C/C=C2\N(CC)c3ccc(OC)cc3C2(C)Cc2cccc(F)c2)cc1.[Co]. The number of fused-ring (bicyclic) bond motifs is 1. The van der Waals surface area contributed by atoms with Gasteiger partial charge in [0.05, 0.1) is 13.3 Å². The van der Waals surface area contributed by atoms with Crippen LogP contribution in [0.2, 0.25) is 0 Å². The number of nitrogens with zero attached hydrogens (tertiary/aromatic N) is 4. The van der Waals surface area contributed by atoms with E-state index in [1.54, 1.807) is 54.6 Å². The maximum absolute atomic E-state index is 14.1. The van der Waals surface area contributed by atoms with Gasteiger partial charge in [0, 0.05) is 64.3 Å². The number of ether oxygens (including phenoxy) is 1. The Morgan fingerprint density at radius 2 is 1.74 bits per heavy atom. The average Bonchev–Trinajstić information content (AvgIpc) is 3.21. The van der Waals surface area contributed by atoms with Gasteiger partial charge >= 0.3 is 0 Å². The van der Waals surface area contributed by atoms with Crippen LogP contribution in [0.15, 0.2) is 88.7 Å². The van der Waals surface area contributed by atoms with Crippen LogP contribution in [0.25, 0.3) is 0 Å². The number of aliphatic hydroxyl groups excluding tert-OH is 1. The zero-order valence-corrected chi connectivity index (χ0v) is 25.6.